The smallest absolute Gasteiger partial charge is 0.305 e. The number of rotatable bonds is 15. The van der Waals surface area contributed by atoms with Gasteiger partial charge in [-0.1, -0.05) is 19.1 Å². The molecular formula is C22H30N2O7. The Morgan fingerprint density at radius 2 is 1.61 bits per heavy atom. The number of hydrogen-bond acceptors (Lipinski definition) is 7. The van der Waals surface area contributed by atoms with Crippen molar-refractivity contribution in [1.29, 1.82) is 0 Å². The van der Waals surface area contributed by atoms with Crippen LogP contribution in [0, 0.1) is 0 Å². The van der Waals surface area contributed by atoms with Gasteiger partial charge in [0.1, 0.15) is 18.0 Å². The van der Waals surface area contributed by atoms with Crippen molar-refractivity contribution >= 4 is 35.0 Å². The van der Waals surface area contributed by atoms with Gasteiger partial charge in [-0.15, -0.1) is 0 Å². The largest absolute Gasteiger partial charge is 0.466 e. The van der Waals surface area contributed by atoms with Crippen molar-refractivity contribution in [1.82, 2.24) is 5.32 Å². The molecule has 1 rings (SSSR count). The number of carbonyl (C=O) groups is 5. The van der Waals surface area contributed by atoms with E-state index < -0.39 is 11.8 Å². The predicted molar refractivity (Wildman–Crippen MR) is 113 cm³/mol. The van der Waals surface area contributed by atoms with Crippen LogP contribution < -0.4 is 10.6 Å². The lowest BCUT2D eigenvalue weighted by Crippen LogP contribution is -2.30. The monoisotopic (exact) mass is 434 g/mol. The number of nitrogens with one attached hydrogen (secondary N) is 2. The van der Waals surface area contributed by atoms with Crippen LogP contribution in [0.1, 0.15) is 45.1 Å². The third-order valence-corrected chi connectivity index (χ3v) is 3.96. The van der Waals surface area contributed by atoms with E-state index >= 15 is 0 Å². The van der Waals surface area contributed by atoms with Crippen LogP contribution in [0.2, 0.25) is 0 Å². The lowest BCUT2D eigenvalue weighted by atomic mass is 10.1. The van der Waals surface area contributed by atoms with Gasteiger partial charge in [-0.05, 0) is 24.6 Å². The summed E-state index contributed by atoms with van der Waals surface area (Å²) in [4.78, 5) is 57.3. The number of anilines is 1. The summed E-state index contributed by atoms with van der Waals surface area (Å²) in [5.41, 5.74) is 1.25. The summed E-state index contributed by atoms with van der Waals surface area (Å²) in [6.07, 6.45) is 0.655. The average Bonchev–Trinajstić information content (AvgIpc) is 2.70. The molecule has 0 radical (unpaired) electrons. The van der Waals surface area contributed by atoms with Gasteiger partial charge in [-0.2, -0.15) is 0 Å². The van der Waals surface area contributed by atoms with E-state index in [1.165, 1.54) is 6.92 Å². The maximum absolute atomic E-state index is 12.0. The van der Waals surface area contributed by atoms with Gasteiger partial charge in [0.25, 0.3) is 0 Å². The van der Waals surface area contributed by atoms with Crippen LogP contribution in [-0.4, -0.2) is 55.7 Å². The standard InChI is InChI=1S/C22H30N2O7/c1-3-22(29)31-11-4-10-30-12-9-23-20(27)15-21(28)24-18-7-5-17(6-8-18)14-19(26)13-16(2)25/h5-8H,3-4,9-15H2,1-2H3,(H,23,27)(H,24,28). The van der Waals surface area contributed by atoms with E-state index in [1.807, 2.05) is 0 Å². The summed E-state index contributed by atoms with van der Waals surface area (Å²) in [5.74, 6) is -1.47. The molecule has 0 aliphatic heterocycles. The molecule has 1 aromatic rings. The van der Waals surface area contributed by atoms with E-state index in [2.05, 4.69) is 10.6 Å². The molecule has 0 saturated carbocycles. The Morgan fingerprint density at radius 1 is 0.903 bits per heavy atom. The van der Waals surface area contributed by atoms with Gasteiger partial charge in [0, 0.05) is 38.1 Å². The Bertz CT molecular complexity index is 760. The lowest BCUT2D eigenvalue weighted by molar-refractivity contribution is -0.143. The van der Waals surface area contributed by atoms with Crippen LogP contribution in [0.5, 0.6) is 0 Å². The molecule has 1 aromatic carbocycles. The van der Waals surface area contributed by atoms with E-state index in [4.69, 9.17) is 9.47 Å². The van der Waals surface area contributed by atoms with E-state index in [0.29, 0.717) is 38.3 Å². The second-order valence-corrected chi connectivity index (χ2v) is 6.91. The second kappa shape index (κ2) is 14.8. The minimum absolute atomic E-state index is 0.0903. The minimum atomic E-state index is -0.462. The molecule has 0 unspecified atom stereocenters. The first-order valence-electron chi connectivity index (χ1n) is 10.2. The molecule has 0 fully saturated rings. The number of ether oxygens (including phenoxy) is 2. The highest BCUT2D eigenvalue weighted by Crippen LogP contribution is 2.11. The van der Waals surface area contributed by atoms with E-state index in [9.17, 15) is 24.0 Å². The zero-order valence-corrected chi connectivity index (χ0v) is 18.0. The number of carbonyl (C=O) groups excluding carboxylic acids is 5. The Balaban J connectivity index is 2.18. The maximum Gasteiger partial charge on any atom is 0.305 e. The van der Waals surface area contributed by atoms with Crippen LogP contribution in [0.15, 0.2) is 24.3 Å². The molecule has 31 heavy (non-hydrogen) atoms. The molecule has 0 saturated heterocycles. The van der Waals surface area contributed by atoms with Gasteiger partial charge in [0.2, 0.25) is 11.8 Å². The molecule has 0 aromatic heterocycles. The zero-order valence-electron chi connectivity index (χ0n) is 18.0. The molecular weight excluding hydrogens is 404 g/mol. The van der Waals surface area contributed by atoms with Gasteiger partial charge in [0.05, 0.1) is 19.6 Å². The van der Waals surface area contributed by atoms with Crippen molar-refractivity contribution < 1.29 is 33.4 Å². The molecule has 170 valence electrons. The predicted octanol–water partition coefficient (Wildman–Crippen LogP) is 1.58. The first kappa shape index (κ1) is 26.0. The minimum Gasteiger partial charge on any atom is -0.466 e. The second-order valence-electron chi connectivity index (χ2n) is 6.91. The summed E-state index contributed by atoms with van der Waals surface area (Å²) < 4.78 is 10.2. The molecule has 9 nitrogen and oxygen atoms in total. The van der Waals surface area contributed by atoms with Crippen LogP contribution in [0.25, 0.3) is 0 Å². The van der Waals surface area contributed by atoms with Gasteiger partial charge < -0.3 is 20.1 Å². The molecule has 0 aliphatic carbocycles. The Morgan fingerprint density at radius 3 is 2.26 bits per heavy atom. The fourth-order valence-electron chi connectivity index (χ4n) is 2.50. The van der Waals surface area contributed by atoms with E-state index in [-0.39, 0.29) is 43.3 Å². The summed E-state index contributed by atoms with van der Waals surface area (Å²) in [5, 5.41) is 5.20. The number of hydrogen-bond donors (Lipinski definition) is 2. The summed E-state index contributed by atoms with van der Waals surface area (Å²) in [6, 6.07) is 6.65. The summed E-state index contributed by atoms with van der Waals surface area (Å²) in [7, 11) is 0. The normalized spacial score (nSPS) is 10.3. The number of esters is 1. The molecule has 0 aliphatic rings. The van der Waals surface area contributed by atoms with Crippen LogP contribution >= 0.6 is 0 Å². The Hall–Kier alpha value is -3.07. The molecule has 2 amide bonds. The van der Waals surface area contributed by atoms with Crippen molar-refractivity contribution in [3.8, 4) is 0 Å². The van der Waals surface area contributed by atoms with Crippen molar-refractivity contribution in [2.24, 2.45) is 0 Å². The van der Waals surface area contributed by atoms with Crippen molar-refractivity contribution in [2.45, 2.75) is 46.0 Å². The van der Waals surface area contributed by atoms with Crippen LogP contribution in [0.4, 0.5) is 5.69 Å². The maximum atomic E-state index is 12.0. The number of Topliss-reactive ketones (excluding diaryl/α,β-unsaturated/α-hetero) is 2. The number of benzene rings is 1. The van der Waals surface area contributed by atoms with Gasteiger partial charge in [-0.3, -0.25) is 24.0 Å². The fourth-order valence-corrected chi connectivity index (χ4v) is 2.50. The first-order chi connectivity index (χ1) is 14.8. The Labute approximate surface area is 181 Å². The van der Waals surface area contributed by atoms with Gasteiger partial charge in [-0.25, -0.2) is 0 Å². The quantitative estimate of drug-likeness (QED) is 0.244. The topological polar surface area (TPSA) is 128 Å². The number of ketones is 2. The lowest BCUT2D eigenvalue weighted by Gasteiger charge is -2.08. The number of amides is 2. The molecule has 2 N–H and O–H groups in total. The summed E-state index contributed by atoms with van der Waals surface area (Å²) >= 11 is 0. The fraction of sp³-hybridized carbons (Fsp3) is 0.500. The molecule has 0 spiro atoms. The van der Waals surface area contributed by atoms with Crippen molar-refractivity contribution in [3.05, 3.63) is 29.8 Å². The van der Waals surface area contributed by atoms with Gasteiger partial charge >= 0.3 is 5.97 Å². The van der Waals surface area contributed by atoms with Crippen molar-refractivity contribution in [3.63, 3.8) is 0 Å². The summed E-state index contributed by atoms with van der Waals surface area (Å²) in [6.45, 7) is 4.36. The molecule has 0 bridgehead atoms. The van der Waals surface area contributed by atoms with Crippen LogP contribution in [0.3, 0.4) is 0 Å². The third-order valence-electron chi connectivity index (χ3n) is 3.96. The molecule has 0 atom stereocenters. The highest BCUT2D eigenvalue weighted by molar-refractivity contribution is 6.03. The SMILES string of the molecule is CCC(=O)OCCCOCCNC(=O)CC(=O)Nc1ccc(CC(=O)CC(C)=O)cc1. The van der Waals surface area contributed by atoms with E-state index in [1.54, 1.807) is 31.2 Å². The molecule has 9 heteroatoms. The first-order valence-corrected chi connectivity index (χ1v) is 10.2. The van der Waals surface area contributed by atoms with E-state index in [0.717, 1.165) is 5.56 Å². The average molecular weight is 434 g/mol. The van der Waals surface area contributed by atoms with Crippen molar-refractivity contribution in [2.75, 3.05) is 31.7 Å². The molecule has 0 heterocycles. The Kier molecular flexibility index (Phi) is 12.4. The third kappa shape index (κ3) is 13.0. The van der Waals surface area contributed by atoms with Crippen LogP contribution in [-0.2, 0) is 39.9 Å². The van der Waals surface area contributed by atoms with Gasteiger partial charge in [0.15, 0.2) is 0 Å². The highest BCUT2D eigenvalue weighted by atomic mass is 16.5. The highest BCUT2D eigenvalue weighted by Gasteiger charge is 2.10. The zero-order chi connectivity index (χ0) is 23.1.